The van der Waals surface area contributed by atoms with E-state index < -0.39 is 6.10 Å². The molecule has 4 nitrogen and oxygen atoms in total. The number of carbonyl (C=O) groups excluding carboxylic acids is 1. The molecule has 1 aliphatic carbocycles. The first-order valence-corrected chi connectivity index (χ1v) is 7.37. The van der Waals surface area contributed by atoms with Crippen LogP contribution in [0, 0.1) is 0 Å². The lowest BCUT2D eigenvalue weighted by Crippen LogP contribution is -2.46. The number of hydrogen-bond donors (Lipinski definition) is 2. The Morgan fingerprint density at radius 3 is 2.80 bits per heavy atom. The maximum absolute atomic E-state index is 11.8. The molecule has 1 saturated carbocycles. The van der Waals surface area contributed by atoms with Crippen molar-refractivity contribution in [1.29, 1.82) is 0 Å². The highest BCUT2D eigenvalue weighted by Gasteiger charge is 2.24. The van der Waals surface area contributed by atoms with Crippen LogP contribution in [0.2, 0.25) is 10.0 Å². The third kappa shape index (κ3) is 4.27. The third-order valence-electron chi connectivity index (χ3n) is 3.33. The second-order valence-corrected chi connectivity index (χ2v) is 5.73. The molecular weight excluding hydrogens is 301 g/mol. The first kappa shape index (κ1) is 15.4. The van der Waals surface area contributed by atoms with Crippen molar-refractivity contribution in [3.05, 3.63) is 28.2 Å². The van der Waals surface area contributed by atoms with Crippen LogP contribution in [0.3, 0.4) is 0 Å². The van der Waals surface area contributed by atoms with E-state index in [-0.39, 0.29) is 18.6 Å². The fraction of sp³-hybridized carbons (Fsp3) is 0.500. The van der Waals surface area contributed by atoms with E-state index in [1.165, 1.54) is 0 Å². The van der Waals surface area contributed by atoms with Crippen LogP contribution in [-0.2, 0) is 4.79 Å². The number of rotatable bonds is 4. The predicted octanol–water partition coefficient (Wildman–Crippen LogP) is 2.79. The van der Waals surface area contributed by atoms with Crippen LogP contribution in [0.5, 0.6) is 5.75 Å². The molecule has 0 spiro atoms. The normalized spacial score (nSPS) is 22.4. The van der Waals surface area contributed by atoms with Crippen LogP contribution in [0.15, 0.2) is 18.2 Å². The number of nitrogens with one attached hydrogen (secondary N) is 1. The molecule has 0 radical (unpaired) electrons. The first-order valence-electron chi connectivity index (χ1n) is 6.61. The smallest absolute Gasteiger partial charge is 0.258 e. The molecule has 1 amide bonds. The van der Waals surface area contributed by atoms with Gasteiger partial charge in [0.05, 0.1) is 17.2 Å². The van der Waals surface area contributed by atoms with Crippen molar-refractivity contribution < 1.29 is 14.6 Å². The van der Waals surface area contributed by atoms with Gasteiger partial charge in [0, 0.05) is 5.02 Å². The molecule has 0 unspecified atom stereocenters. The molecule has 0 bridgehead atoms. The van der Waals surface area contributed by atoms with Gasteiger partial charge in [0.1, 0.15) is 5.75 Å². The summed E-state index contributed by atoms with van der Waals surface area (Å²) in [6.07, 6.45) is 3.09. The van der Waals surface area contributed by atoms with Crippen LogP contribution < -0.4 is 10.1 Å². The molecule has 1 aromatic rings. The van der Waals surface area contributed by atoms with E-state index in [2.05, 4.69) is 5.32 Å². The number of amides is 1. The fourth-order valence-electron chi connectivity index (χ4n) is 2.26. The van der Waals surface area contributed by atoms with Crippen LogP contribution in [0.1, 0.15) is 25.7 Å². The lowest BCUT2D eigenvalue weighted by Gasteiger charge is -2.28. The first-order chi connectivity index (χ1) is 9.56. The molecule has 0 heterocycles. The SMILES string of the molecule is O=C(COc1ccc(Cl)cc1Cl)N[C@H]1CCCC[C@@H]1O. The van der Waals surface area contributed by atoms with E-state index in [1.54, 1.807) is 18.2 Å². The van der Waals surface area contributed by atoms with E-state index in [0.29, 0.717) is 15.8 Å². The minimum Gasteiger partial charge on any atom is -0.482 e. The Kier molecular flexibility index (Phi) is 5.52. The Labute approximate surface area is 128 Å². The minimum atomic E-state index is -0.466. The van der Waals surface area contributed by atoms with Crippen molar-refractivity contribution in [3.8, 4) is 5.75 Å². The van der Waals surface area contributed by atoms with Gasteiger partial charge in [-0.05, 0) is 31.0 Å². The molecule has 6 heteroatoms. The summed E-state index contributed by atoms with van der Waals surface area (Å²) >= 11 is 11.7. The predicted molar refractivity (Wildman–Crippen MR) is 78.4 cm³/mol. The topological polar surface area (TPSA) is 58.6 Å². The number of hydrogen-bond acceptors (Lipinski definition) is 3. The van der Waals surface area contributed by atoms with Crippen molar-refractivity contribution in [2.45, 2.75) is 37.8 Å². The molecule has 0 aromatic heterocycles. The number of ether oxygens (including phenoxy) is 1. The van der Waals surface area contributed by atoms with E-state index in [4.69, 9.17) is 27.9 Å². The number of aliphatic hydroxyl groups is 1. The standard InChI is InChI=1S/C14H17Cl2NO3/c15-9-5-6-13(10(16)7-9)20-8-14(19)17-11-3-1-2-4-12(11)18/h5-7,11-12,18H,1-4,8H2,(H,17,19)/t11-,12-/m0/s1. The summed E-state index contributed by atoms with van der Waals surface area (Å²) < 4.78 is 5.35. The van der Waals surface area contributed by atoms with Crippen molar-refractivity contribution in [1.82, 2.24) is 5.32 Å². The van der Waals surface area contributed by atoms with Crippen molar-refractivity contribution in [3.63, 3.8) is 0 Å². The summed E-state index contributed by atoms with van der Waals surface area (Å²) in [5.41, 5.74) is 0. The Balaban J connectivity index is 1.82. The Morgan fingerprint density at radius 1 is 1.35 bits per heavy atom. The molecule has 1 aliphatic rings. The Morgan fingerprint density at radius 2 is 2.10 bits per heavy atom. The van der Waals surface area contributed by atoms with Crippen LogP contribution >= 0.6 is 23.2 Å². The van der Waals surface area contributed by atoms with Gasteiger partial charge in [-0.1, -0.05) is 36.0 Å². The summed E-state index contributed by atoms with van der Waals surface area (Å²) in [5.74, 6) is 0.150. The van der Waals surface area contributed by atoms with Gasteiger partial charge < -0.3 is 15.2 Å². The molecule has 20 heavy (non-hydrogen) atoms. The van der Waals surface area contributed by atoms with Gasteiger partial charge in [0.15, 0.2) is 6.61 Å². The molecule has 110 valence electrons. The van der Waals surface area contributed by atoms with Crippen LogP contribution in [0.25, 0.3) is 0 Å². The van der Waals surface area contributed by atoms with Crippen LogP contribution in [0.4, 0.5) is 0 Å². The lowest BCUT2D eigenvalue weighted by molar-refractivity contribution is -0.125. The summed E-state index contributed by atoms with van der Waals surface area (Å²) in [6.45, 7) is -0.134. The number of halogens is 2. The van der Waals surface area contributed by atoms with E-state index in [9.17, 15) is 9.90 Å². The summed E-state index contributed by atoms with van der Waals surface area (Å²) in [6, 6.07) is 4.64. The minimum absolute atomic E-state index is 0.134. The molecule has 1 aromatic carbocycles. The molecular formula is C14H17Cl2NO3. The maximum Gasteiger partial charge on any atom is 0.258 e. The number of carbonyl (C=O) groups is 1. The Bertz CT molecular complexity index is 481. The van der Waals surface area contributed by atoms with Crippen molar-refractivity contribution in [2.24, 2.45) is 0 Å². The van der Waals surface area contributed by atoms with Gasteiger partial charge in [-0.25, -0.2) is 0 Å². The zero-order valence-electron chi connectivity index (χ0n) is 10.9. The second kappa shape index (κ2) is 7.16. The molecule has 1 fully saturated rings. The number of benzene rings is 1. The highest BCUT2D eigenvalue weighted by atomic mass is 35.5. The third-order valence-corrected chi connectivity index (χ3v) is 3.86. The van der Waals surface area contributed by atoms with Gasteiger partial charge in [-0.2, -0.15) is 0 Å². The van der Waals surface area contributed by atoms with E-state index in [1.807, 2.05) is 0 Å². The second-order valence-electron chi connectivity index (χ2n) is 4.89. The highest BCUT2D eigenvalue weighted by molar-refractivity contribution is 6.35. The molecule has 2 rings (SSSR count). The highest BCUT2D eigenvalue weighted by Crippen LogP contribution is 2.27. The summed E-state index contributed by atoms with van der Waals surface area (Å²) in [4.78, 5) is 11.8. The van der Waals surface area contributed by atoms with Gasteiger partial charge in [-0.15, -0.1) is 0 Å². The molecule has 0 saturated heterocycles. The molecule has 2 N–H and O–H groups in total. The fourth-order valence-corrected chi connectivity index (χ4v) is 2.73. The lowest BCUT2D eigenvalue weighted by atomic mass is 9.92. The van der Waals surface area contributed by atoms with E-state index >= 15 is 0 Å². The molecule has 2 atom stereocenters. The monoisotopic (exact) mass is 317 g/mol. The summed E-state index contributed by atoms with van der Waals surface area (Å²) in [7, 11) is 0. The zero-order chi connectivity index (χ0) is 14.5. The largest absolute Gasteiger partial charge is 0.482 e. The summed E-state index contributed by atoms with van der Waals surface area (Å²) in [5, 5.41) is 13.4. The molecule has 0 aliphatic heterocycles. The van der Waals surface area contributed by atoms with Crippen LogP contribution in [-0.4, -0.2) is 29.8 Å². The van der Waals surface area contributed by atoms with Gasteiger partial charge in [-0.3, -0.25) is 4.79 Å². The van der Waals surface area contributed by atoms with Gasteiger partial charge in [0.25, 0.3) is 5.91 Å². The average molecular weight is 318 g/mol. The average Bonchev–Trinajstić information content (AvgIpc) is 2.40. The van der Waals surface area contributed by atoms with Gasteiger partial charge in [0.2, 0.25) is 0 Å². The van der Waals surface area contributed by atoms with Gasteiger partial charge >= 0.3 is 0 Å². The van der Waals surface area contributed by atoms with Crippen molar-refractivity contribution >= 4 is 29.1 Å². The van der Waals surface area contributed by atoms with E-state index in [0.717, 1.165) is 25.7 Å². The quantitative estimate of drug-likeness (QED) is 0.897. The van der Waals surface area contributed by atoms with Crippen molar-refractivity contribution in [2.75, 3.05) is 6.61 Å². The maximum atomic E-state index is 11.8. The Hall–Kier alpha value is -0.970. The zero-order valence-corrected chi connectivity index (χ0v) is 12.5. The number of aliphatic hydroxyl groups excluding tert-OH is 1.